The summed E-state index contributed by atoms with van der Waals surface area (Å²) in [6.45, 7) is 4.20. The van der Waals surface area contributed by atoms with Gasteiger partial charge in [-0.1, -0.05) is 38.3 Å². The second kappa shape index (κ2) is 10.5. The van der Waals surface area contributed by atoms with Gasteiger partial charge in [-0.2, -0.15) is 5.10 Å². The van der Waals surface area contributed by atoms with Crippen LogP contribution >= 0.6 is 9.24 Å². The smallest absolute Gasteiger partial charge is 0.269 e. The van der Waals surface area contributed by atoms with E-state index >= 15 is 0 Å². The Bertz CT molecular complexity index is 1460. The third kappa shape index (κ3) is 5.30. The minimum Gasteiger partial charge on any atom is -0.395 e. The number of rotatable bonds is 10. The average Bonchev–Trinajstić information content (AvgIpc) is 3.58. The Balaban J connectivity index is 1.64. The maximum atomic E-state index is 12.5. The van der Waals surface area contributed by atoms with E-state index in [9.17, 15) is 4.79 Å². The fraction of sp³-hybridized carbons (Fsp3) is 0.357. The number of benzene rings is 2. The van der Waals surface area contributed by atoms with Crippen molar-refractivity contribution in [1.29, 1.82) is 0 Å². The lowest BCUT2D eigenvalue weighted by Gasteiger charge is -2.22. The van der Waals surface area contributed by atoms with Crippen molar-refractivity contribution in [3.63, 3.8) is 0 Å². The van der Waals surface area contributed by atoms with Gasteiger partial charge < -0.3 is 16.8 Å². The molecule has 1 amide bonds. The standard InChI is InChI=1S/C28H34N7OP/c1-3-4-17(9-8-16-6-7-16)32-22-13-18(37)10-11-19(22)28-33-25(24(29)26(34-28)27(30)36)23-15(2)5-12-21-20(23)14-31-35-21/h5,10-14,16-17,32H,3-4,6-9,29,37H2,1-2H3,(H2,30,36)(H,31,35). The van der Waals surface area contributed by atoms with E-state index in [0.717, 1.165) is 63.8 Å². The molecule has 1 saturated carbocycles. The molecule has 5 rings (SSSR count). The Morgan fingerprint density at radius 2 is 2.03 bits per heavy atom. The largest absolute Gasteiger partial charge is 0.395 e. The van der Waals surface area contributed by atoms with E-state index in [4.69, 9.17) is 16.5 Å². The van der Waals surface area contributed by atoms with Crippen molar-refractivity contribution in [2.45, 2.75) is 58.4 Å². The van der Waals surface area contributed by atoms with Crippen molar-refractivity contribution in [1.82, 2.24) is 20.2 Å². The molecule has 192 valence electrons. The average molecular weight is 516 g/mol. The molecule has 0 aliphatic heterocycles. The maximum Gasteiger partial charge on any atom is 0.269 e. The predicted octanol–water partition coefficient (Wildman–Crippen LogP) is 4.95. The molecule has 9 heteroatoms. The third-order valence-corrected chi connectivity index (χ3v) is 7.51. The number of primary amides is 1. The second-order valence-corrected chi connectivity index (χ2v) is 10.7. The van der Waals surface area contributed by atoms with Crippen LogP contribution in [0.2, 0.25) is 0 Å². The number of fused-ring (bicyclic) bond motifs is 1. The van der Waals surface area contributed by atoms with Crippen LogP contribution in [0.4, 0.5) is 11.4 Å². The van der Waals surface area contributed by atoms with Crippen LogP contribution in [0.5, 0.6) is 0 Å². The van der Waals surface area contributed by atoms with Gasteiger partial charge in [-0.3, -0.25) is 9.89 Å². The number of nitrogen functional groups attached to an aromatic ring is 1. The molecule has 0 radical (unpaired) electrons. The molecule has 0 bridgehead atoms. The number of aryl methyl sites for hydroxylation is 1. The second-order valence-electron chi connectivity index (χ2n) is 10.1. The van der Waals surface area contributed by atoms with E-state index in [1.54, 1.807) is 6.20 Å². The normalized spacial score (nSPS) is 14.1. The summed E-state index contributed by atoms with van der Waals surface area (Å²) in [7, 11) is 2.76. The monoisotopic (exact) mass is 515 g/mol. The summed E-state index contributed by atoms with van der Waals surface area (Å²) < 4.78 is 0. The predicted molar refractivity (Wildman–Crippen MR) is 154 cm³/mol. The van der Waals surface area contributed by atoms with Crippen LogP contribution in [0.1, 0.15) is 61.5 Å². The molecule has 2 unspecified atom stereocenters. The molecule has 2 aromatic carbocycles. The zero-order valence-electron chi connectivity index (χ0n) is 21.3. The first-order chi connectivity index (χ1) is 17.9. The number of hydrogen-bond acceptors (Lipinski definition) is 6. The van der Waals surface area contributed by atoms with E-state index in [-0.39, 0.29) is 11.4 Å². The molecule has 6 N–H and O–H groups in total. The molecular formula is C28H34N7OP. The van der Waals surface area contributed by atoms with Crippen LogP contribution in [0, 0.1) is 12.8 Å². The summed E-state index contributed by atoms with van der Waals surface area (Å²) in [5.41, 5.74) is 17.2. The summed E-state index contributed by atoms with van der Waals surface area (Å²) >= 11 is 0. The van der Waals surface area contributed by atoms with Gasteiger partial charge in [0.25, 0.3) is 5.91 Å². The number of H-pyrrole nitrogens is 1. The topological polar surface area (TPSA) is 136 Å². The van der Waals surface area contributed by atoms with Crippen LogP contribution in [0.25, 0.3) is 33.5 Å². The van der Waals surface area contributed by atoms with Gasteiger partial charge in [0, 0.05) is 28.2 Å². The minimum absolute atomic E-state index is 0.0136. The summed E-state index contributed by atoms with van der Waals surface area (Å²) in [6, 6.07) is 10.4. The summed E-state index contributed by atoms with van der Waals surface area (Å²) in [4.78, 5) is 22.0. The Kier molecular flexibility index (Phi) is 7.11. The third-order valence-electron chi connectivity index (χ3n) is 7.15. The van der Waals surface area contributed by atoms with Crippen LogP contribution in [-0.2, 0) is 0 Å². The number of carbonyl (C=O) groups is 1. The first kappa shape index (κ1) is 25.2. The molecule has 0 spiro atoms. The molecule has 1 fully saturated rings. The Morgan fingerprint density at radius 3 is 2.76 bits per heavy atom. The lowest BCUT2D eigenvalue weighted by molar-refractivity contribution is 0.0996. The lowest BCUT2D eigenvalue weighted by Crippen LogP contribution is -2.21. The van der Waals surface area contributed by atoms with Gasteiger partial charge >= 0.3 is 0 Å². The number of carbonyl (C=O) groups excluding carboxylic acids is 1. The quantitative estimate of drug-likeness (QED) is 0.221. The first-order valence-corrected chi connectivity index (χ1v) is 13.5. The maximum absolute atomic E-state index is 12.5. The Morgan fingerprint density at radius 1 is 1.22 bits per heavy atom. The summed E-state index contributed by atoms with van der Waals surface area (Å²) in [5.74, 6) is 0.594. The van der Waals surface area contributed by atoms with Crippen molar-refractivity contribution in [3.8, 4) is 22.6 Å². The van der Waals surface area contributed by atoms with Gasteiger partial charge in [-0.25, -0.2) is 9.97 Å². The van der Waals surface area contributed by atoms with Crippen molar-refractivity contribution in [2.24, 2.45) is 11.7 Å². The van der Waals surface area contributed by atoms with E-state index in [0.29, 0.717) is 17.6 Å². The first-order valence-electron chi connectivity index (χ1n) is 12.9. The zero-order valence-corrected chi connectivity index (χ0v) is 22.5. The molecule has 1 aliphatic carbocycles. The minimum atomic E-state index is -0.690. The van der Waals surface area contributed by atoms with Gasteiger partial charge in [0.15, 0.2) is 11.5 Å². The number of aromatic amines is 1. The Hall–Kier alpha value is -3.51. The Labute approximate surface area is 219 Å². The molecular weight excluding hydrogens is 481 g/mol. The fourth-order valence-corrected chi connectivity index (χ4v) is 5.25. The van der Waals surface area contributed by atoms with Crippen molar-refractivity contribution in [2.75, 3.05) is 11.1 Å². The van der Waals surface area contributed by atoms with Crippen LogP contribution in [0.3, 0.4) is 0 Å². The molecule has 2 heterocycles. The number of aromatic nitrogens is 4. The molecule has 2 atom stereocenters. The number of nitrogens with zero attached hydrogens (tertiary/aromatic N) is 3. The number of amides is 1. The molecule has 1 aliphatic rings. The van der Waals surface area contributed by atoms with E-state index in [2.05, 4.69) is 42.7 Å². The summed E-state index contributed by atoms with van der Waals surface area (Å²) in [6.07, 6.45) is 9.00. The van der Waals surface area contributed by atoms with Gasteiger partial charge in [-0.15, -0.1) is 9.24 Å². The highest BCUT2D eigenvalue weighted by Crippen LogP contribution is 2.38. The number of nitrogens with two attached hydrogens (primary N) is 2. The van der Waals surface area contributed by atoms with E-state index in [1.807, 2.05) is 31.2 Å². The molecule has 37 heavy (non-hydrogen) atoms. The van der Waals surface area contributed by atoms with Crippen molar-refractivity contribution in [3.05, 3.63) is 47.8 Å². The lowest BCUT2D eigenvalue weighted by atomic mass is 9.98. The van der Waals surface area contributed by atoms with Gasteiger partial charge in [0.2, 0.25) is 0 Å². The number of hydrogen-bond donors (Lipinski definition) is 4. The van der Waals surface area contributed by atoms with E-state index in [1.165, 1.54) is 19.3 Å². The highest BCUT2D eigenvalue weighted by molar-refractivity contribution is 7.27. The number of nitrogens with one attached hydrogen (secondary N) is 2. The molecule has 4 aromatic rings. The molecule has 8 nitrogen and oxygen atoms in total. The fourth-order valence-electron chi connectivity index (χ4n) is 4.99. The summed E-state index contributed by atoms with van der Waals surface area (Å²) in [5, 5.41) is 12.9. The molecule has 0 saturated heterocycles. The molecule has 2 aromatic heterocycles. The SMILES string of the molecule is CCCC(CCC1CC1)Nc1cc(P)ccc1-c1nc(C(N)=O)c(N)c(-c2c(C)ccc3[nH]ncc23)n1. The van der Waals surface area contributed by atoms with Gasteiger partial charge in [0.1, 0.15) is 0 Å². The highest BCUT2D eigenvalue weighted by Gasteiger charge is 2.25. The van der Waals surface area contributed by atoms with Crippen molar-refractivity contribution < 1.29 is 4.79 Å². The van der Waals surface area contributed by atoms with Gasteiger partial charge in [-0.05, 0) is 61.2 Å². The van der Waals surface area contributed by atoms with Gasteiger partial charge in [0.05, 0.1) is 23.1 Å². The zero-order chi connectivity index (χ0) is 26.1. The number of anilines is 2. The van der Waals surface area contributed by atoms with Crippen LogP contribution < -0.4 is 22.1 Å². The van der Waals surface area contributed by atoms with Crippen LogP contribution in [0.15, 0.2) is 36.5 Å². The van der Waals surface area contributed by atoms with Crippen LogP contribution in [-0.4, -0.2) is 32.1 Å². The van der Waals surface area contributed by atoms with Crippen molar-refractivity contribution >= 4 is 42.7 Å². The highest BCUT2D eigenvalue weighted by atomic mass is 31.0. The van der Waals surface area contributed by atoms with E-state index < -0.39 is 5.91 Å².